The number of nitrogens with one attached hydrogen (secondary N) is 3. The molecule has 0 atom stereocenters. The third-order valence-electron chi connectivity index (χ3n) is 4.86. The van der Waals surface area contributed by atoms with Crippen LogP contribution in [0.25, 0.3) is 0 Å². The molecule has 0 aliphatic carbocycles. The Balaban J connectivity index is 0.000000572. The van der Waals surface area contributed by atoms with Crippen LogP contribution in [0.5, 0.6) is 0 Å². The summed E-state index contributed by atoms with van der Waals surface area (Å²) in [4.78, 5) is 23.3. The minimum Gasteiger partial charge on any atom is -0.475 e. The van der Waals surface area contributed by atoms with Gasteiger partial charge in [-0.25, -0.2) is 17.6 Å². The van der Waals surface area contributed by atoms with Crippen molar-refractivity contribution in [2.24, 2.45) is 0 Å². The van der Waals surface area contributed by atoms with Crippen molar-refractivity contribution in [1.82, 2.24) is 10.6 Å². The lowest BCUT2D eigenvalue weighted by Crippen LogP contribution is -2.43. The van der Waals surface area contributed by atoms with Gasteiger partial charge in [0.25, 0.3) is 15.9 Å². The Morgan fingerprint density at radius 1 is 1.08 bits per heavy atom. The molecule has 1 heterocycles. The standard InChI is InChI=1S/C20H25FN4O3S.C2HF3O2/c1-2-9-23-20(26)15-3-8-19(25-12-10-22-11-13-25)18(14-15)24-29(27,28)17-6-4-16(21)5-7-17;3-2(4,5)1(6)7/h3-8,14,22,24H,2,9-13H2,1H3,(H,23,26);(H,6,7). The molecule has 0 bridgehead atoms. The number of aliphatic carboxylic acids is 1. The molecular weight excluding hydrogens is 508 g/mol. The molecule has 0 unspecified atom stereocenters. The van der Waals surface area contributed by atoms with Crippen molar-refractivity contribution in [1.29, 1.82) is 0 Å². The highest BCUT2D eigenvalue weighted by Gasteiger charge is 2.38. The fourth-order valence-electron chi connectivity index (χ4n) is 3.10. The first-order valence-electron chi connectivity index (χ1n) is 10.8. The molecule has 1 aliphatic heterocycles. The molecule has 1 amide bonds. The van der Waals surface area contributed by atoms with Crippen LogP contribution < -0.4 is 20.3 Å². The number of carbonyl (C=O) groups is 2. The van der Waals surface area contributed by atoms with Gasteiger partial charge in [0.15, 0.2) is 0 Å². The summed E-state index contributed by atoms with van der Waals surface area (Å²) < 4.78 is 73.2. The lowest BCUT2D eigenvalue weighted by Gasteiger charge is -2.31. The first-order valence-corrected chi connectivity index (χ1v) is 12.3. The maximum absolute atomic E-state index is 13.2. The van der Waals surface area contributed by atoms with Crippen LogP contribution in [0.15, 0.2) is 47.4 Å². The van der Waals surface area contributed by atoms with Crippen LogP contribution in [0.4, 0.5) is 28.9 Å². The Hall–Kier alpha value is -3.39. The van der Waals surface area contributed by atoms with E-state index in [0.717, 1.165) is 31.6 Å². The Bertz CT molecular complexity index is 1150. The molecule has 0 aromatic heterocycles. The number of carbonyl (C=O) groups excluding carboxylic acids is 1. The van der Waals surface area contributed by atoms with Gasteiger partial charge in [-0.05, 0) is 48.9 Å². The predicted molar refractivity (Wildman–Crippen MR) is 125 cm³/mol. The van der Waals surface area contributed by atoms with E-state index in [2.05, 4.69) is 20.3 Å². The molecule has 2 aromatic carbocycles. The Labute approximate surface area is 205 Å². The summed E-state index contributed by atoms with van der Waals surface area (Å²) in [6, 6.07) is 9.61. The van der Waals surface area contributed by atoms with Crippen molar-refractivity contribution in [3.63, 3.8) is 0 Å². The van der Waals surface area contributed by atoms with E-state index in [1.54, 1.807) is 18.2 Å². The summed E-state index contributed by atoms with van der Waals surface area (Å²) in [5.41, 5.74) is 1.39. The number of anilines is 2. The zero-order valence-electron chi connectivity index (χ0n) is 19.2. The summed E-state index contributed by atoms with van der Waals surface area (Å²) in [6.45, 7) is 5.48. The van der Waals surface area contributed by atoms with Gasteiger partial charge in [-0.1, -0.05) is 6.92 Å². The molecule has 1 aliphatic rings. The van der Waals surface area contributed by atoms with Crippen LogP contribution in [0, 0.1) is 5.82 Å². The minimum atomic E-state index is -5.08. The number of alkyl halides is 3. The molecule has 0 spiro atoms. The third kappa shape index (κ3) is 8.37. The highest BCUT2D eigenvalue weighted by Crippen LogP contribution is 2.30. The maximum Gasteiger partial charge on any atom is 0.490 e. The lowest BCUT2D eigenvalue weighted by atomic mass is 10.1. The van der Waals surface area contributed by atoms with Gasteiger partial charge in [0.2, 0.25) is 0 Å². The number of piperazine rings is 1. The largest absolute Gasteiger partial charge is 0.490 e. The summed E-state index contributed by atoms with van der Waals surface area (Å²) >= 11 is 0. The van der Waals surface area contributed by atoms with Crippen molar-refractivity contribution >= 4 is 33.3 Å². The smallest absolute Gasteiger partial charge is 0.475 e. The molecule has 0 saturated carbocycles. The summed E-state index contributed by atoms with van der Waals surface area (Å²) in [6.07, 6.45) is -4.28. The first kappa shape index (κ1) is 28.8. The van der Waals surface area contributed by atoms with E-state index in [0.29, 0.717) is 36.6 Å². The molecular formula is C22H26F4N4O5S. The number of rotatable bonds is 7. The lowest BCUT2D eigenvalue weighted by molar-refractivity contribution is -0.192. The van der Waals surface area contributed by atoms with Crippen LogP contribution in [-0.4, -0.2) is 64.3 Å². The number of halogens is 4. The number of hydrogen-bond donors (Lipinski definition) is 4. The molecule has 14 heteroatoms. The van der Waals surface area contributed by atoms with E-state index in [1.807, 2.05) is 6.92 Å². The fourth-order valence-corrected chi connectivity index (χ4v) is 4.16. The van der Waals surface area contributed by atoms with Gasteiger partial charge in [0, 0.05) is 38.3 Å². The number of amides is 1. The summed E-state index contributed by atoms with van der Waals surface area (Å²) in [5.74, 6) is -3.53. The number of carboxylic acids is 1. The van der Waals surface area contributed by atoms with Crippen LogP contribution in [-0.2, 0) is 14.8 Å². The topological polar surface area (TPSA) is 128 Å². The second-order valence-electron chi connectivity index (χ2n) is 7.59. The Morgan fingerprint density at radius 3 is 2.19 bits per heavy atom. The number of hydrogen-bond acceptors (Lipinski definition) is 6. The van der Waals surface area contributed by atoms with Crippen molar-refractivity contribution in [3.8, 4) is 0 Å². The SMILES string of the molecule is CCCNC(=O)c1ccc(N2CCNCC2)c(NS(=O)(=O)c2ccc(F)cc2)c1.O=C(O)C(F)(F)F. The van der Waals surface area contributed by atoms with Crippen LogP contribution >= 0.6 is 0 Å². The minimum absolute atomic E-state index is 0.0500. The quantitative estimate of drug-likeness (QED) is 0.402. The van der Waals surface area contributed by atoms with Gasteiger partial charge in [-0.2, -0.15) is 13.2 Å². The molecule has 3 rings (SSSR count). The fraction of sp³-hybridized carbons (Fsp3) is 0.364. The van der Waals surface area contributed by atoms with Gasteiger partial charge in [0.1, 0.15) is 5.82 Å². The molecule has 36 heavy (non-hydrogen) atoms. The number of benzene rings is 2. The molecule has 0 radical (unpaired) electrons. The van der Waals surface area contributed by atoms with Gasteiger partial charge in [-0.15, -0.1) is 0 Å². The van der Waals surface area contributed by atoms with Gasteiger partial charge >= 0.3 is 12.1 Å². The third-order valence-corrected chi connectivity index (χ3v) is 6.24. The summed E-state index contributed by atoms with van der Waals surface area (Å²) in [7, 11) is -3.94. The zero-order valence-corrected chi connectivity index (χ0v) is 20.0. The molecule has 4 N–H and O–H groups in total. The highest BCUT2D eigenvalue weighted by molar-refractivity contribution is 7.92. The van der Waals surface area contributed by atoms with Crippen molar-refractivity contribution in [3.05, 3.63) is 53.8 Å². The average Bonchev–Trinajstić information content (AvgIpc) is 2.83. The zero-order chi connectivity index (χ0) is 26.9. The van der Waals surface area contributed by atoms with E-state index in [4.69, 9.17) is 9.90 Å². The predicted octanol–water partition coefficient (Wildman–Crippen LogP) is 2.81. The van der Waals surface area contributed by atoms with E-state index in [9.17, 15) is 30.8 Å². The first-order chi connectivity index (χ1) is 16.8. The van der Waals surface area contributed by atoms with Crippen molar-refractivity contribution in [2.45, 2.75) is 24.4 Å². The van der Waals surface area contributed by atoms with E-state index < -0.39 is 28.0 Å². The molecule has 1 saturated heterocycles. The van der Waals surface area contributed by atoms with Crippen molar-refractivity contribution in [2.75, 3.05) is 42.3 Å². The Kier molecular flexibility index (Phi) is 10.0. The maximum atomic E-state index is 13.2. The highest BCUT2D eigenvalue weighted by atomic mass is 32.2. The monoisotopic (exact) mass is 534 g/mol. The van der Waals surface area contributed by atoms with E-state index in [1.165, 1.54) is 12.1 Å². The number of carboxylic acid groups (broad SMARTS) is 1. The molecule has 9 nitrogen and oxygen atoms in total. The normalized spacial score (nSPS) is 13.9. The second kappa shape index (κ2) is 12.5. The Morgan fingerprint density at radius 2 is 1.67 bits per heavy atom. The molecule has 198 valence electrons. The van der Waals surface area contributed by atoms with Crippen LogP contribution in [0.3, 0.4) is 0 Å². The van der Waals surface area contributed by atoms with E-state index >= 15 is 0 Å². The summed E-state index contributed by atoms with van der Waals surface area (Å²) in [5, 5.41) is 13.2. The number of nitrogens with zero attached hydrogens (tertiary/aromatic N) is 1. The average molecular weight is 535 g/mol. The van der Waals surface area contributed by atoms with Crippen LogP contribution in [0.1, 0.15) is 23.7 Å². The number of sulfonamides is 1. The van der Waals surface area contributed by atoms with Gasteiger partial charge in [0.05, 0.1) is 16.3 Å². The van der Waals surface area contributed by atoms with Crippen LogP contribution in [0.2, 0.25) is 0 Å². The van der Waals surface area contributed by atoms with Crippen molar-refractivity contribution < 1.29 is 40.7 Å². The van der Waals surface area contributed by atoms with Gasteiger partial charge < -0.3 is 20.6 Å². The molecule has 2 aromatic rings. The van der Waals surface area contributed by atoms with E-state index in [-0.39, 0.29) is 10.8 Å². The second-order valence-corrected chi connectivity index (χ2v) is 9.27. The van der Waals surface area contributed by atoms with Gasteiger partial charge in [-0.3, -0.25) is 9.52 Å². The molecule has 1 fully saturated rings.